The lowest BCUT2D eigenvalue weighted by Crippen LogP contribution is -2.37. The van der Waals surface area contributed by atoms with Crippen LogP contribution in [0, 0.1) is 5.92 Å². The molecule has 1 aromatic rings. The Morgan fingerprint density at radius 3 is 2.00 bits per heavy atom. The summed E-state index contributed by atoms with van der Waals surface area (Å²) in [4.78, 5) is 37.7. The molecule has 6 nitrogen and oxygen atoms in total. The Bertz CT molecular complexity index is 732. The Hall–Kier alpha value is -2.37. The van der Waals surface area contributed by atoms with Crippen molar-refractivity contribution in [3.63, 3.8) is 0 Å². The van der Waals surface area contributed by atoms with Crippen LogP contribution in [0.25, 0.3) is 0 Å². The zero-order chi connectivity index (χ0) is 23.9. The largest absolute Gasteiger partial charge is 0.478 e. The molecule has 0 saturated carbocycles. The minimum atomic E-state index is -0.969. The number of hydrogen-bond acceptors (Lipinski definition) is 3. The van der Waals surface area contributed by atoms with Gasteiger partial charge in [0.2, 0.25) is 11.8 Å². The summed E-state index contributed by atoms with van der Waals surface area (Å²) in [5, 5.41) is 11.9. The molecule has 33 heavy (non-hydrogen) atoms. The number of nitrogens with zero attached hydrogens (tertiary/aromatic N) is 1. The number of carbonyl (C=O) groups excluding carboxylic acids is 2. The first-order valence-electron chi connectivity index (χ1n) is 12.9. The van der Waals surface area contributed by atoms with Gasteiger partial charge < -0.3 is 15.3 Å². The van der Waals surface area contributed by atoms with Crippen LogP contribution in [0.5, 0.6) is 0 Å². The maximum absolute atomic E-state index is 12.6. The topological polar surface area (TPSA) is 86.7 Å². The summed E-state index contributed by atoms with van der Waals surface area (Å²) >= 11 is 0. The molecule has 1 aliphatic heterocycles. The average molecular weight is 459 g/mol. The molecule has 1 atom stereocenters. The highest BCUT2D eigenvalue weighted by atomic mass is 16.4. The monoisotopic (exact) mass is 458 g/mol. The molecule has 1 heterocycles. The van der Waals surface area contributed by atoms with Gasteiger partial charge in [0.25, 0.3) is 0 Å². The van der Waals surface area contributed by atoms with Crippen LogP contribution in [0.3, 0.4) is 0 Å². The van der Waals surface area contributed by atoms with Crippen molar-refractivity contribution >= 4 is 17.8 Å². The molecular weight excluding hydrogens is 416 g/mol. The second-order valence-electron chi connectivity index (χ2n) is 9.28. The number of benzene rings is 1. The van der Waals surface area contributed by atoms with Crippen molar-refractivity contribution in [3.05, 3.63) is 35.4 Å². The summed E-state index contributed by atoms with van der Waals surface area (Å²) in [5.41, 5.74) is 1.09. The second kappa shape index (κ2) is 15.5. The van der Waals surface area contributed by atoms with E-state index in [1.165, 1.54) is 76.3 Å². The third-order valence-electron chi connectivity index (χ3n) is 6.52. The highest BCUT2D eigenvalue weighted by Gasteiger charge is 2.36. The van der Waals surface area contributed by atoms with Crippen LogP contribution in [-0.4, -0.2) is 40.9 Å². The Morgan fingerprint density at radius 2 is 1.45 bits per heavy atom. The lowest BCUT2D eigenvalue weighted by molar-refractivity contribution is -0.138. The molecule has 0 radical (unpaired) electrons. The van der Waals surface area contributed by atoms with E-state index in [0.717, 1.165) is 18.4 Å². The number of carbonyl (C=O) groups is 3. The van der Waals surface area contributed by atoms with Crippen LogP contribution in [0.15, 0.2) is 24.3 Å². The molecule has 6 heteroatoms. The number of likely N-dealkylation sites (tertiary alicyclic amines) is 1. The van der Waals surface area contributed by atoms with Crippen LogP contribution < -0.4 is 5.32 Å². The molecule has 1 aliphatic rings. The van der Waals surface area contributed by atoms with Gasteiger partial charge in [-0.1, -0.05) is 89.7 Å². The second-order valence-corrected chi connectivity index (χ2v) is 9.28. The minimum Gasteiger partial charge on any atom is -0.478 e. The normalized spacial score (nSPS) is 15.7. The minimum absolute atomic E-state index is 0.135. The Balaban J connectivity index is 1.52. The predicted octanol–water partition coefficient (Wildman–Crippen LogP) is 5.55. The molecule has 2 N–H and O–H groups in total. The molecule has 2 rings (SSSR count). The number of aromatic carboxylic acids is 1. The number of hydrogen-bond donors (Lipinski definition) is 2. The molecule has 0 aliphatic carbocycles. The Kier molecular flexibility index (Phi) is 12.6. The number of amides is 2. The zero-order valence-electron chi connectivity index (χ0n) is 20.3. The SMILES string of the molecule is CCCCCCCCCCCCCCNC(=O)C1CCN(Cc2ccc(C(=O)O)cc2)C1=O. The molecule has 1 saturated heterocycles. The van der Waals surface area contributed by atoms with Gasteiger partial charge in [0.05, 0.1) is 5.56 Å². The van der Waals surface area contributed by atoms with Gasteiger partial charge in [-0.25, -0.2) is 4.79 Å². The maximum atomic E-state index is 12.6. The van der Waals surface area contributed by atoms with Crippen LogP contribution in [0.2, 0.25) is 0 Å². The van der Waals surface area contributed by atoms with Gasteiger partial charge in [-0.2, -0.15) is 0 Å². The van der Waals surface area contributed by atoms with E-state index < -0.39 is 11.9 Å². The fourth-order valence-corrected chi connectivity index (χ4v) is 4.41. The summed E-state index contributed by atoms with van der Waals surface area (Å²) in [6.45, 7) is 3.84. The van der Waals surface area contributed by atoms with Gasteiger partial charge >= 0.3 is 5.97 Å². The van der Waals surface area contributed by atoms with Crippen molar-refractivity contribution in [2.45, 2.75) is 96.9 Å². The van der Waals surface area contributed by atoms with Gasteiger partial charge in [0, 0.05) is 19.6 Å². The van der Waals surface area contributed by atoms with Gasteiger partial charge in [-0.15, -0.1) is 0 Å². The number of carboxylic acids is 1. The summed E-state index contributed by atoms with van der Waals surface area (Å²) in [7, 11) is 0. The molecule has 0 aromatic heterocycles. The molecule has 1 unspecified atom stereocenters. The first-order chi connectivity index (χ1) is 16.0. The van der Waals surface area contributed by atoms with E-state index >= 15 is 0 Å². The number of rotatable bonds is 17. The summed E-state index contributed by atoms with van der Waals surface area (Å²) in [6.07, 6.45) is 15.9. The molecule has 1 fully saturated rings. The van der Waals surface area contributed by atoms with E-state index in [-0.39, 0.29) is 17.4 Å². The summed E-state index contributed by atoms with van der Waals surface area (Å²) in [5.74, 6) is -1.86. The summed E-state index contributed by atoms with van der Waals surface area (Å²) in [6, 6.07) is 6.52. The van der Waals surface area contributed by atoms with Crippen molar-refractivity contribution in [2.24, 2.45) is 5.92 Å². The zero-order valence-corrected chi connectivity index (χ0v) is 20.3. The molecular formula is C27H42N2O4. The average Bonchev–Trinajstić information content (AvgIpc) is 3.17. The quantitative estimate of drug-likeness (QED) is 0.237. The lowest BCUT2D eigenvalue weighted by Gasteiger charge is -2.17. The van der Waals surface area contributed by atoms with Gasteiger partial charge in [-0.3, -0.25) is 9.59 Å². The van der Waals surface area contributed by atoms with Crippen LogP contribution in [0.1, 0.15) is 106 Å². The fraction of sp³-hybridized carbons (Fsp3) is 0.667. The van der Waals surface area contributed by atoms with E-state index in [2.05, 4.69) is 12.2 Å². The van der Waals surface area contributed by atoms with Crippen LogP contribution in [0.4, 0.5) is 0 Å². The highest BCUT2D eigenvalue weighted by molar-refractivity contribution is 6.01. The van der Waals surface area contributed by atoms with Crippen molar-refractivity contribution < 1.29 is 19.5 Å². The smallest absolute Gasteiger partial charge is 0.335 e. The van der Waals surface area contributed by atoms with Crippen molar-refractivity contribution in [1.29, 1.82) is 0 Å². The molecule has 0 bridgehead atoms. The first kappa shape index (κ1) is 26.9. The van der Waals surface area contributed by atoms with Gasteiger partial charge in [-0.05, 0) is 30.5 Å². The molecule has 0 spiro atoms. The standard InChI is InChI=1S/C27H42N2O4/c1-2-3-4-5-6-7-8-9-10-11-12-13-19-28-25(30)24-18-20-29(26(24)31)21-22-14-16-23(17-15-22)27(32)33/h14-17,24H,2-13,18-21H2,1H3,(H,28,30)(H,32,33). The maximum Gasteiger partial charge on any atom is 0.335 e. The molecule has 184 valence electrons. The summed E-state index contributed by atoms with van der Waals surface area (Å²) < 4.78 is 0. The van der Waals surface area contributed by atoms with E-state index in [1.807, 2.05) is 0 Å². The third-order valence-corrected chi connectivity index (χ3v) is 6.52. The van der Waals surface area contributed by atoms with Crippen LogP contribution in [-0.2, 0) is 16.1 Å². The van der Waals surface area contributed by atoms with Crippen molar-refractivity contribution in [1.82, 2.24) is 10.2 Å². The van der Waals surface area contributed by atoms with Crippen molar-refractivity contribution in [3.8, 4) is 0 Å². The molecule has 2 amide bonds. The lowest BCUT2D eigenvalue weighted by atomic mass is 10.1. The van der Waals surface area contributed by atoms with Gasteiger partial charge in [0.1, 0.15) is 5.92 Å². The molecule has 1 aromatic carbocycles. The fourth-order valence-electron chi connectivity index (χ4n) is 4.41. The van der Waals surface area contributed by atoms with E-state index in [1.54, 1.807) is 17.0 Å². The van der Waals surface area contributed by atoms with Crippen LogP contribution >= 0.6 is 0 Å². The first-order valence-corrected chi connectivity index (χ1v) is 12.9. The third kappa shape index (κ3) is 9.97. The Labute approximate surface area is 199 Å². The van der Waals surface area contributed by atoms with Gasteiger partial charge in [0.15, 0.2) is 0 Å². The van der Waals surface area contributed by atoms with E-state index in [0.29, 0.717) is 26.1 Å². The number of carboxylic acid groups (broad SMARTS) is 1. The van der Waals surface area contributed by atoms with Crippen molar-refractivity contribution in [2.75, 3.05) is 13.1 Å². The Morgan fingerprint density at radius 1 is 0.909 bits per heavy atom. The number of unbranched alkanes of at least 4 members (excludes halogenated alkanes) is 11. The van der Waals surface area contributed by atoms with E-state index in [9.17, 15) is 14.4 Å². The predicted molar refractivity (Wildman–Crippen MR) is 131 cm³/mol. The van der Waals surface area contributed by atoms with E-state index in [4.69, 9.17) is 5.11 Å². The highest BCUT2D eigenvalue weighted by Crippen LogP contribution is 2.21. The number of nitrogens with one attached hydrogen (secondary N) is 1.